The van der Waals surface area contributed by atoms with Crippen molar-refractivity contribution < 1.29 is 24.0 Å². The minimum atomic E-state index is 0. The van der Waals surface area contributed by atoms with Crippen LogP contribution < -0.4 is 24.0 Å². The van der Waals surface area contributed by atoms with Gasteiger partial charge in [0.1, 0.15) is 0 Å². The van der Waals surface area contributed by atoms with Crippen molar-refractivity contribution in [3.8, 4) is 0 Å². The van der Waals surface area contributed by atoms with Gasteiger partial charge in [0.15, 0.2) is 0 Å². The van der Waals surface area contributed by atoms with Crippen molar-refractivity contribution in [3.63, 3.8) is 0 Å². The van der Waals surface area contributed by atoms with Gasteiger partial charge in [-0.05, 0) is 19.8 Å². The molecule has 9 heavy (non-hydrogen) atoms. The molecule has 0 fully saturated rings. The molecule has 0 N–H and O–H groups in total. The molecule has 0 rings (SSSR count). The largest absolute Gasteiger partial charge is 1.00 e. The molecule has 0 saturated carbocycles. The molecule has 0 bridgehead atoms. The van der Waals surface area contributed by atoms with Crippen LogP contribution in [0.15, 0.2) is 11.3 Å². The van der Waals surface area contributed by atoms with E-state index in [0.717, 1.165) is 5.57 Å². The van der Waals surface area contributed by atoms with E-state index in [4.69, 9.17) is 0 Å². The Morgan fingerprint density at radius 3 is 1.56 bits per heavy atom. The van der Waals surface area contributed by atoms with Crippen LogP contribution in [0.3, 0.4) is 0 Å². The van der Waals surface area contributed by atoms with Crippen LogP contribution in [-0.2, 0) is 0 Å². The predicted octanol–water partition coefficient (Wildman–Crippen LogP) is -1.70. The van der Waals surface area contributed by atoms with Crippen molar-refractivity contribution in [3.05, 3.63) is 11.3 Å². The SMILES string of the molecule is CC(C)=C([O-])C(C)C.[Li+]. The van der Waals surface area contributed by atoms with Gasteiger partial charge in [0.05, 0.1) is 0 Å². The Kier molecular flexibility index (Phi) is 6.55. The first-order valence-electron chi connectivity index (χ1n) is 2.90. The molecule has 48 valence electrons. The van der Waals surface area contributed by atoms with Gasteiger partial charge in [0.2, 0.25) is 0 Å². The Labute approximate surface area is 69.3 Å². The van der Waals surface area contributed by atoms with Crippen molar-refractivity contribution in [2.75, 3.05) is 0 Å². The summed E-state index contributed by atoms with van der Waals surface area (Å²) in [4.78, 5) is 0. The molecule has 0 aromatic heterocycles. The molecule has 0 spiro atoms. The minimum absolute atomic E-state index is 0. The molecule has 0 aromatic carbocycles. The van der Waals surface area contributed by atoms with E-state index in [0.29, 0.717) is 0 Å². The Balaban J connectivity index is 0. The summed E-state index contributed by atoms with van der Waals surface area (Å²) in [5.74, 6) is 0.435. The van der Waals surface area contributed by atoms with Gasteiger partial charge in [-0.15, -0.1) is 5.76 Å². The molecular formula is C7H13LiO. The van der Waals surface area contributed by atoms with Gasteiger partial charge in [-0.1, -0.05) is 19.4 Å². The monoisotopic (exact) mass is 120 g/mol. The average Bonchev–Trinajstić information content (AvgIpc) is 1.64. The van der Waals surface area contributed by atoms with Gasteiger partial charge in [0, 0.05) is 0 Å². The number of hydrogen-bond donors (Lipinski definition) is 0. The summed E-state index contributed by atoms with van der Waals surface area (Å²) < 4.78 is 0. The van der Waals surface area contributed by atoms with Crippen molar-refractivity contribution in [1.29, 1.82) is 0 Å². The zero-order valence-electron chi connectivity index (χ0n) is 6.99. The van der Waals surface area contributed by atoms with Crippen LogP contribution in [0, 0.1) is 5.92 Å². The van der Waals surface area contributed by atoms with Gasteiger partial charge in [0.25, 0.3) is 0 Å². The summed E-state index contributed by atoms with van der Waals surface area (Å²) in [5, 5.41) is 10.8. The summed E-state index contributed by atoms with van der Waals surface area (Å²) >= 11 is 0. The topological polar surface area (TPSA) is 23.1 Å². The van der Waals surface area contributed by atoms with E-state index in [-0.39, 0.29) is 30.5 Å². The van der Waals surface area contributed by atoms with Crippen LogP contribution in [0.1, 0.15) is 27.7 Å². The van der Waals surface area contributed by atoms with E-state index in [9.17, 15) is 5.11 Å². The molecule has 0 aliphatic rings. The molecule has 0 saturated heterocycles. The minimum Gasteiger partial charge on any atom is -0.875 e. The van der Waals surface area contributed by atoms with Gasteiger partial charge >= 0.3 is 18.9 Å². The maximum absolute atomic E-state index is 10.8. The Morgan fingerprint density at radius 1 is 1.22 bits per heavy atom. The third-order valence-electron chi connectivity index (χ3n) is 1.02. The van der Waals surface area contributed by atoms with E-state index in [1.165, 1.54) is 0 Å². The maximum atomic E-state index is 10.8. The van der Waals surface area contributed by atoms with Crippen LogP contribution in [0.5, 0.6) is 0 Å². The molecule has 0 aliphatic carbocycles. The second-order valence-electron chi connectivity index (χ2n) is 2.52. The normalized spacial score (nSPS) is 8.56. The molecule has 0 atom stereocenters. The molecule has 0 unspecified atom stereocenters. The summed E-state index contributed by atoms with van der Waals surface area (Å²) in [5.41, 5.74) is 0.903. The third-order valence-corrected chi connectivity index (χ3v) is 1.02. The van der Waals surface area contributed by atoms with Gasteiger partial charge in [-0.3, -0.25) is 0 Å². The van der Waals surface area contributed by atoms with Crippen LogP contribution in [0.25, 0.3) is 0 Å². The van der Waals surface area contributed by atoms with E-state index in [1.54, 1.807) is 0 Å². The first kappa shape index (κ1) is 11.9. The van der Waals surface area contributed by atoms with Crippen LogP contribution in [-0.4, -0.2) is 0 Å². The molecule has 0 amide bonds. The van der Waals surface area contributed by atoms with Crippen molar-refractivity contribution in [1.82, 2.24) is 0 Å². The summed E-state index contributed by atoms with van der Waals surface area (Å²) in [6, 6.07) is 0. The number of rotatable bonds is 1. The fourth-order valence-corrected chi connectivity index (χ4v) is 0.577. The smallest absolute Gasteiger partial charge is 0.875 e. The van der Waals surface area contributed by atoms with E-state index >= 15 is 0 Å². The summed E-state index contributed by atoms with van der Waals surface area (Å²) in [6.45, 7) is 7.52. The van der Waals surface area contributed by atoms with E-state index in [1.807, 2.05) is 27.7 Å². The van der Waals surface area contributed by atoms with Crippen molar-refractivity contribution in [2.45, 2.75) is 27.7 Å². The van der Waals surface area contributed by atoms with Crippen LogP contribution >= 0.6 is 0 Å². The van der Waals surface area contributed by atoms with Crippen LogP contribution in [0.2, 0.25) is 0 Å². The fraction of sp³-hybridized carbons (Fsp3) is 0.714. The quantitative estimate of drug-likeness (QED) is 0.299. The predicted molar refractivity (Wildman–Crippen MR) is 33.2 cm³/mol. The van der Waals surface area contributed by atoms with Gasteiger partial charge in [-0.25, -0.2) is 0 Å². The third kappa shape index (κ3) is 4.63. The first-order valence-corrected chi connectivity index (χ1v) is 2.90. The molecule has 0 radical (unpaired) electrons. The first-order chi connectivity index (χ1) is 3.55. The maximum Gasteiger partial charge on any atom is 1.00 e. The molecular weight excluding hydrogens is 107 g/mol. The van der Waals surface area contributed by atoms with Crippen molar-refractivity contribution in [2.24, 2.45) is 5.92 Å². The van der Waals surface area contributed by atoms with E-state index < -0.39 is 0 Å². The molecule has 0 aliphatic heterocycles. The number of hydrogen-bond acceptors (Lipinski definition) is 1. The zero-order valence-corrected chi connectivity index (χ0v) is 6.99. The standard InChI is InChI=1S/C7H14O.Li/c1-5(2)7(8)6(3)4;/h5,8H,1-4H3;/q;+1/p-1. The van der Waals surface area contributed by atoms with Crippen molar-refractivity contribution >= 4 is 0 Å². The summed E-state index contributed by atoms with van der Waals surface area (Å²) in [6.07, 6.45) is 0. The molecule has 0 aromatic rings. The second kappa shape index (κ2) is 4.97. The molecule has 2 heteroatoms. The van der Waals surface area contributed by atoms with E-state index in [2.05, 4.69) is 0 Å². The molecule has 1 nitrogen and oxygen atoms in total. The number of allylic oxidation sites excluding steroid dienone is 2. The van der Waals surface area contributed by atoms with Gasteiger partial charge < -0.3 is 5.11 Å². The Bertz CT molecular complexity index is 101. The molecule has 0 heterocycles. The Hall–Kier alpha value is 0.137. The van der Waals surface area contributed by atoms with Gasteiger partial charge in [-0.2, -0.15) is 0 Å². The van der Waals surface area contributed by atoms with Crippen LogP contribution in [0.4, 0.5) is 0 Å². The fourth-order valence-electron chi connectivity index (χ4n) is 0.577. The average molecular weight is 120 g/mol. The summed E-state index contributed by atoms with van der Waals surface area (Å²) in [7, 11) is 0. The Morgan fingerprint density at radius 2 is 1.56 bits per heavy atom. The second-order valence-corrected chi connectivity index (χ2v) is 2.52. The zero-order chi connectivity index (χ0) is 6.73.